The monoisotopic (exact) mass is 369 g/mol. The number of hydrogen-bond donors (Lipinski definition) is 1. The molecule has 0 unspecified atom stereocenters. The van der Waals surface area contributed by atoms with Crippen molar-refractivity contribution in [1.29, 1.82) is 0 Å². The fourth-order valence-electron chi connectivity index (χ4n) is 1.21. The molecule has 0 bridgehead atoms. The van der Waals surface area contributed by atoms with Crippen molar-refractivity contribution < 1.29 is 4.74 Å². The molecule has 0 amide bonds. The molecule has 0 saturated heterocycles. The molecule has 0 aliphatic heterocycles. The fraction of sp³-hybridized carbons (Fsp3) is 0.636. The van der Waals surface area contributed by atoms with Gasteiger partial charge in [0, 0.05) is 28.4 Å². The number of thiophene rings is 1. The van der Waals surface area contributed by atoms with Gasteiger partial charge in [-0.3, -0.25) is 0 Å². The highest BCUT2D eigenvalue weighted by atomic mass is 79.9. The molecule has 92 valence electrons. The predicted molar refractivity (Wildman–Crippen MR) is 77.4 cm³/mol. The average Bonchev–Trinajstić information content (AvgIpc) is 2.52. The first kappa shape index (κ1) is 14.6. The van der Waals surface area contributed by atoms with Crippen LogP contribution in [-0.4, -0.2) is 25.8 Å². The van der Waals surface area contributed by atoms with Crippen LogP contribution in [0.15, 0.2) is 14.3 Å². The Bertz CT molecular complexity index is 295. The zero-order chi connectivity index (χ0) is 12.0. The van der Waals surface area contributed by atoms with Gasteiger partial charge in [-0.1, -0.05) is 13.8 Å². The summed E-state index contributed by atoms with van der Waals surface area (Å²) in [5.74, 6) is 0. The van der Waals surface area contributed by atoms with E-state index in [0.29, 0.717) is 6.04 Å². The minimum Gasteiger partial charge on any atom is -0.380 e. The SMILES string of the molecule is CC(C)NCCOCCc1cc(Br)c(Br)s1. The number of rotatable bonds is 7. The molecule has 0 aromatic carbocycles. The Kier molecular flexibility index (Phi) is 7.16. The van der Waals surface area contributed by atoms with E-state index in [2.05, 4.69) is 57.1 Å². The maximum atomic E-state index is 5.55. The minimum atomic E-state index is 0.535. The molecule has 2 nitrogen and oxygen atoms in total. The van der Waals surface area contributed by atoms with Gasteiger partial charge >= 0.3 is 0 Å². The van der Waals surface area contributed by atoms with Crippen molar-refractivity contribution in [3.8, 4) is 0 Å². The lowest BCUT2D eigenvalue weighted by molar-refractivity contribution is 0.138. The van der Waals surface area contributed by atoms with Gasteiger partial charge in [0.1, 0.15) is 0 Å². The highest BCUT2D eigenvalue weighted by Crippen LogP contribution is 2.32. The lowest BCUT2D eigenvalue weighted by atomic mass is 10.4. The first-order valence-corrected chi connectivity index (χ1v) is 7.74. The van der Waals surface area contributed by atoms with E-state index in [0.717, 1.165) is 34.4 Å². The van der Waals surface area contributed by atoms with Crippen molar-refractivity contribution in [1.82, 2.24) is 5.32 Å². The second-order valence-corrected chi connectivity index (χ2v) is 7.11. The lowest BCUT2D eigenvalue weighted by Gasteiger charge is -2.07. The van der Waals surface area contributed by atoms with Crippen LogP contribution < -0.4 is 5.32 Å². The van der Waals surface area contributed by atoms with Crippen molar-refractivity contribution in [2.75, 3.05) is 19.8 Å². The molecular formula is C11H17Br2NOS. The van der Waals surface area contributed by atoms with Crippen LogP contribution in [0.4, 0.5) is 0 Å². The Morgan fingerprint density at radius 3 is 2.69 bits per heavy atom. The lowest BCUT2D eigenvalue weighted by Crippen LogP contribution is -2.26. The number of nitrogens with one attached hydrogen (secondary N) is 1. The summed E-state index contributed by atoms with van der Waals surface area (Å²) in [6.45, 7) is 6.78. The quantitative estimate of drug-likeness (QED) is 0.736. The van der Waals surface area contributed by atoms with Crippen LogP contribution in [-0.2, 0) is 11.2 Å². The maximum absolute atomic E-state index is 5.55. The van der Waals surface area contributed by atoms with Gasteiger partial charge in [0.05, 0.1) is 17.0 Å². The molecule has 5 heteroatoms. The third kappa shape index (κ3) is 5.77. The van der Waals surface area contributed by atoms with E-state index >= 15 is 0 Å². The average molecular weight is 371 g/mol. The molecule has 0 spiro atoms. The van der Waals surface area contributed by atoms with Crippen molar-refractivity contribution in [3.05, 3.63) is 19.2 Å². The summed E-state index contributed by atoms with van der Waals surface area (Å²) in [4.78, 5) is 1.34. The van der Waals surface area contributed by atoms with E-state index in [1.54, 1.807) is 11.3 Å². The Hall–Kier alpha value is 0.580. The van der Waals surface area contributed by atoms with E-state index < -0.39 is 0 Å². The zero-order valence-electron chi connectivity index (χ0n) is 9.56. The van der Waals surface area contributed by atoms with E-state index in [1.165, 1.54) is 4.88 Å². The van der Waals surface area contributed by atoms with Crippen molar-refractivity contribution in [2.24, 2.45) is 0 Å². The third-order valence-corrected chi connectivity index (χ3v) is 5.30. The smallest absolute Gasteiger partial charge is 0.0843 e. The Balaban J connectivity index is 2.07. The highest BCUT2D eigenvalue weighted by molar-refractivity contribution is 9.13. The van der Waals surface area contributed by atoms with Crippen LogP contribution in [0.2, 0.25) is 0 Å². The van der Waals surface area contributed by atoms with Crippen LogP contribution in [0.1, 0.15) is 18.7 Å². The maximum Gasteiger partial charge on any atom is 0.0843 e. The third-order valence-electron chi connectivity index (χ3n) is 1.99. The summed E-state index contributed by atoms with van der Waals surface area (Å²) in [6, 6.07) is 2.68. The molecule has 0 fully saturated rings. The highest BCUT2D eigenvalue weighted by Gasteiger charge is 2.03. The molecule has 0 aliphatic carbocycles. The summed E-state index contributed by atoms with van der Waals surface area (Å²) in [6.07, 6.45) is 0.983. The van der Waals surface area contributed by atoms with Gasteiger partial charge in [0.25, 0.3) is 0 Å². The topological polar surface area (TPSA) is 21.3 Å². The molecule has 0 atom stereocenters. The van der Waals surface area contributed by atoms with Crippen LogP contribution in [0.5, 0.6) is 0 Å². The van der Waals surface area contributed by atoms with E-state index in [-0.39, 0.29) is 0 Å². The van der Waals surface area contributed by atoms with Gasteiger partial charge in [-0.2, -0.15) is 0 Å². The van der Waals surface area contributed by atoms with Gasteiger partial charge in [0.2, 0.25) is 0 Å². The van der Waals surface area contributed by atoms with Crippen molar-refractivity contribution >= 4 is 43.2 Å². The Labute approximate surface area is 118 Å². The van der Waals surface area contributed by atoms with Crippen LogP contribution in [0.25, 0.3) is 0 Å². The summed E-state index contributed by atoms with van der Waals surface area (Å²) in [5.41, 5.74) is 0. The molecule has 0 aliphatic rings. The Morgan fingerprint density at radius 2 is 2.12 bits per heavy atom. The molecule has 0 radical (unpaired) electrons. The van der Waals surface area contributed by atoms with Gasteiger partial charge in [-0.25, -0.2) is 0 Å². The first-order valence-electron chi connectivity index (χ1n) is 5.34. The number of hydrogen-bond acceptors (Lipinski definition) is 3. The van der Waals surface area contributed by atoms with Gasteiger partial charge in [-0.05, 0) is 37.9 Å². The van der Waals surface area contributed by atoms with Gasteiger partial charge in [0.15, 0.2) is 0 Å². The molecule has 1 rings (SSSR count). The molecule has 1 heterocycles. The normalized spacial score (nSPS) is 11.3. The van der Waals surface area contributed by atoms with Crippen LogP contribution in [0.3, 0.4) is 0 Å². The van der Waals surface area contributed by atoms with Crippen molar-refractivity contribution in [2.45, 2.75) is 26.3 Å². The second kappa shape index (κ2) is 7.82. The minimum absolute atomic E-state index is 0.535. The van der Waals surface area contributed by atoms with Gasteiger partial charge in [-0.15, -0.1) is 11.3 Å². The molecular weight excluding hydrogens is 354 g/mol. The summed E-state index contributed by atoms with van der Waals surface area (Å²) < 4.78 is 7.84. The van der Waals surface area contributed by atoms with Gasteiger partial charge < -0.3 is 10.1 Å². The standard InChI is InChI=1S/C11H17Br2NOS/c1-8(2)14-4-6-15-5-3-9-7-10(12)11(13)16-9/h7-8,14H,3-6H2,1-2H3. The molecule has 1 aromatic heterocycles. The molecule has 16 heavy (non-hydrogen) atoms. The summed E-state index contributed by atoms with van der Waals surface area (Å²) >= 11 is 8.72. The number of ether oxygens (including phenoxy) is 1. The van der Waals surface area contributed by atoms with E-state index in [1.807, 2.05) is 0 Å². The first-order chi connectivity index (χ1) is 7.59. The molecule has 1 aromatic rings. The summed E-state index contributed by atoms with van der Waals surface area (Å²) in [7, 11) is 0. The van der Waals surface area contributed by atoms with E-state index in [4.69, 9.17) is 4.74 Å². The zero-order valence-corrected chi connectivity index (χ0v) is 13.5. The number of halogens is 2. The fourth-order valence-corrected chi connectivity index (χ4v) is 3.37. The van der Waals surface area contributed by atoms with E-state index in [9.17, 15) is 0 Å². The second-order valence-electron chi connectivity index (χ2n) is 3.81. The largest absolute Gasteiger partial charge is 0.380 e. The predicted octanol–water partition coefficient (Wildman–Crippen LogP) is 3.83. The van der Waals surface area contributed by atoms with Crippen LogP contribution >= 0.6 is 43.2 Å². The molecule has 0 saturated carbocycles. The molecule has 1 N–H and O–H groups in total. The Morgan fingerprint density at radius 1 is 1.38 bits per heavy atom. The van der Waals surface area contributed by atoms with Crippen molar-refractivity contribution in [3.63, 3.8) is 0 Å². The summed E-state index contributed by atoms with van der Waals surface area (Å²) in [5, 5.41) is 3.32. The van der Waals surface area contributed by atoms with Crippen LogP contribution in [0, 0.1) is 0 Å².